The molecule has 0 saturated heterocycles. The zero-order valence-electron chi connectivity index (χ0n) is 10.7. The highest BCUT2D eigenvalue weighted by Crippen LogP contribution is 2.19. The van der Waals surface area contributed by atoms with Crippen molar-refractivity contribution in [2.45, 2.75) is 26.4 Å². The SMILES string of the molecule is CC(C)C(NCc1cc(F)cc(F)c1)c1ncon1. The molecule has 0 bridgehead atoms. The van der Waals surface area contributed by atoms with Crippen LogP contribution in [0.25, 0.3) is 0 Å². The van der Waals surface area contributed by atoms with Gasteiger partial charge in [0.2, 0.25) is 6.39 Å². The summed E-state index contributed by atoms with van der Waals surface area (Å²) >= 11 is 0. The van der Waals surface area contributed by atoms with Gasteiger partial charge in [-0.1, -0.05) is 19.0 Å². The lowest BCUT2D eigenvalue weighted by molar-refractivity contribution is 0.357. The van der Waals surface area contributed by atoms with E-state index in [4.69, 9.17) is 4.52 Å². The Morgan fingerprint density at radius 2 is 1.89 bits per heavy atom. The lowest BCUT2D eigenvalue weighted by atomic mass is 10.0. The molecule has 0 aliphatic rings. The first-order chi connectivity index (χ1) is 9.06. The second-order valence-electron chi connectivity index (χ2n) is 4.67. The first-order valence-corrected chi connectivity index (χ1v) is 6.01. The molecule has 0 aliphatic carbocycles. The minimum absolute atomic E-state index is 0.134. The summed E-state index contributed by atoms with van der Waals surface area (Å²) in [6.07, 6.45) is 1.26. The summed E-state index contributed by atoms with van der Waals surface area (Å²) in [4.78, 5) is 4.00. The van der Waals surface area contributed by atoms with Crippen LogP contribution in [0.15, 0.2) is 29.1 Å². The molecule has 4 nitrogen and oxygen atoms in total. The van der Waals surface area contributed by atoms with Crippen LogP contribution in [-0.2, 0) is 6.54 Å². The van der Waals surface area contributed by atoms with Gasteiger partial charge >= 0.3 is 0 Å². The van der Waals surface area contributed by atoms with Crippen molar-refractivity contribution in [3.63, 3.8) is 0 Å². The predicted molar refractivity (Wildman–Crippen MR) is 65.1 cm³/mol. The molecule has 1 atom stereocenters. The van der Waals surface area contributed by atoms with Crippen LogP contribution in [0.2, 0.25) is 0 Å². The molecule has 102 valence electrons. The highest BCUT2D eigenvalue weighted by atomic mass is 19.1. The van der Waals surface area contributed by atoms with Crippen molar-refractivity contribution in [1.82, 2.24) is 15.5 Å². The Morgan fingerprint density at radius 3 is 2.42 bits per heavy atom. The largest absolute Gasteiger partial charge is 0.343 e. The molecule has 0 spiro atoms. The fourth-order valence-electron chi connectivity index (χ4n) is 1.88. The molecule has 1 N–H and O–H groups in total. The predicted octanol–water partition coefficient (Wildman–Crippen LogP) is 2.83. The summed E-state index contributed by atoms with van der Waals surface area (Å²) in [7, 11) is 0. The first-order valence-electron chi connectivity index (χ1n) is 6.01. The molecule has 1 aromatic carbocycles. The van der Waals surface area contributed by atoms with E-state index in [1.54, 1.807) is 0 Å². The van der Waals surface area contributed by atoms with Crippen molar-refractivity contribution in [3.05, 3.63) is 47.6 Å². The number of hydrogen-bond donors (Lipinski definition) is 1. The van der Waals surface area contributed by atoms with E-state index in [-0.39, 0.29) is 12.0 Å². The third-order valence-electron chi connectivity index (χ3n) is 2.77. The van der Waals surface area contributed by atoms with Gasteiger partial charge in [0.15, 0.2) is 5.82 Å². The van der Waals surface area contributed by atoms with Crippen LogP contribution in [0, 0.1) is 17.6 Å². The standard InChI is InChI=1S/C13H15F2N3O/c1-8(2)12(13-17-7-19-18-13)16-6-9-3-10(14)5-11(15)4-9/h3-5,7-8,12,16H,6H2,1-2H3. The molecular weight excluding hydrogens is 252 g/mol. The van der Waals surface area contributed by atoms with Crippen LogP contribution < -0.4 is 5.32 Å². The fourth-order valence-corrected chi connectivity index (χ4v) is 1.88. The molecule has 2 aromatic rings. The van der Waals surface area contributed by atoms with Gasteiger partial charge in [0, 0.05) is 12.6 Å². The second kappa shape index (κ2) is 5.88. The van der Waals surface area contributed by atoms with Crippen LogP contribution >= 0.6 is 0 Å². The number of halogens is 2. The van der Waals surface area contributed by atoms with Crippen LogP contribution in [0.5, 0.6) is 0 Å². The smallest absolute Gasteiger partial charge is 0.213 e. The van der Waals surface area contributed by atoms with Crippen molar-refractivity contribution in [2.24, 2.45) is 5.92 Å². The number of nitrogens with zero attached hydrogens (tertiary/aromatic N) is 2. The van der Waals surface area contributed by atoms with E-state index in [2.05, 4.69) is 15.5 Å². The number of rotatable bonds is 5. The van der Waals surface area contributed by atoms with Gasteiger partial charge in [-0.05, 0) is 23.6 Å². The molecule has 1 unspecified atom stereocenters. The van der Waals surface area contributed by atoms with Crippen LogP contribution in [0.1, 0.15) is 31.3 Å². The van der Waals surface area contributed by atoms with E-state index < -0.39 is 11.6 Å². The van der Waals surface area contributed by atoms with Gasteiger partial charge in [-0.15, -0.1) is 0 Å². The molecular formula is C13H15F2N3O. The molecule has 0 fully saturated rings. The summed E-state index contributed by atoms with van der Waals surface area (Å²) in [5.41, 5.74) is 0.534. The average Bonchev–Trinajstić information content (AvgIpc) is 2.81. The van der Waals surface area contributed by atoms with Crippen molar-refractivity contribution < 1.29 is 13.3 Å². The maximum atomic E-state index is 13.1. The van der Waals surface area contributed by atoms with Crippen molar-refractivity contribution in [2.75, 3.05) is 0 Å². The zero-order chi connectivity index (χ0) is 13.8. The Labute approximate surface area is 109 Å². The minimum Gasteiger partial charge on any atom is -0.343 e. The average molecular weight is 267 g/mol. The topological polar surface area (TPSA) is 51.0 Å². The zero-order valence-corrected chi connectivity index (χ0v) is 10.7. The van der Waals surface area contributed by atoms with Gasteiger partial charge < -0.3 is 9.84 Å². The van der Waals surface area contributed by atoms with Gasteiger partial charge in [0.1, 0.15) is 11.6 Å². The number of aromatic nitrogens is 2. The van der Waals surface area contributed by atoms with E-state index in [1.807, 2.05) is 13.8 Å². The molecule has 19 heavy (non-hydrogen) atoms. The van der Waals surface area contributed by atoms with Gasteiger partial charge in [0.05, 0.1) is 6.04 Å². The summed E-state index contributed by atoms with van der Waals surface area (Å²) in [5, 5.41) is 6.96. The molecule has 0 aliphatic heterocycles. The normalized spacial score (nSPS) is 12.9. The summed E-state index contributed by atoms with van der Waals surface area (Å²) < 4.78 is 30.9. The van der Waals surface area contributed by atoms with Crippen LogP contribution in [-0.4, -0.2) is 10.1 Å². The van der Waals surface area contributed by atoms with E-state index >= 15 is 0 Å². The Hall–Kier alpha value is -1.82. The minimum atomic E-state index is -0.586. The Balaban J connectivity index is 2.07. The van der Waals surface area contributed by atoms with Crippen LogP contribution in [0.3, 0.4) is 0 Å². The molecule has 6 heteroatoms. The van der Waals surface area contributed by atoms with Crippen molar-refractivity contribution in [1.29, 1.82) is 0 Å². The molecule has 1 heterocycles. The highest BCUT2D eigenvalue weighted by Gasteiger charge is 2.19. The molecule has 0 saturated carbocycles. The Bertz CT molecular complexity index is 508. The third-order valence-corrected chi connectivity index (χ3v) is 2.77. The lowest BCUT2D eigenvalue weighted by Gasteiger charge is -2.19. The van der Waals surface area contributed by atoms with E-state index in [0.717, 1.165) is 6.07 Å². The number of benzene rings is 1. The quantitative estimate of drug-likeness (QED) is 0.905. The fraction of sp³-hybridized carbons (Fsp3) is 0.385. The monoisotopic (exact) mass is 267 g/mol. The molecule has 2 rings (SSSR count). The number of hydrogen-bond acceptors (Lipinski definition) is 4. The van der Waals surface area contributed by atoms with E-state index in [0.29, 0.717) is 17.9 Å². The second-order valence-corrected chi connectivity index (χ2v) is 4.67. The van der Waals surface area contributed by atoms with Gasteiger partial charge in [-0.2, -0.15) is 4.98 Å². The molecule has 0 amide bonds. The third kappa shape index (κ3) is 3.57. The summed E-state index contributed by atoms with van der Waals surface area (Å²) in [6.45, 7) is 4.33. The van der Waals surface area contributed by atoms with Crippen molar-refractivity contribution in [3.8, 4) is 0 Å². The first kappa shape index (κ1) is 13.6. The number of nitrogens with one attached hydrogen (secondary N) is 1. The van der Waals surface area contributed by atoms with Crippen LogP contribution in [0.4, 0.5) is 8.78 Å². The van der Waals surface area contributed by atoms with Gasteiger partial charge in [-0.3, -0.25) is 0 Å². The maximum absolute atomic E-state index is 13.1. The van der Waals surface area contributed by atoms with Gasteiger partial charge in [-0.25, -0.2) is 8.78 Å². The highest BCUT2D eigenvalue weighted by molar-refractivity contribution is 5.18. The Kier molecular flexibility index (Phi) is 4.21. The summed E-state index contributed by atoms with van der Waals surface area (Å²) in [6, 6.07) is 3.31. The van der Waals surface area contributed by atoms with Gasteiger partial charge in [0.25, 0.3) is 0 Å². The molecule has 0 radical (unpaired) electrons. The van der Waals surface area contributed by atoms with E-state index in [9.17, 15) is 8.78 Å². The van der Waals surface area contributed by atoms with E-state index in [1.165, 1.54) is 18.5 Å². The lowest BCUT2D eigenvalue weighted by Crippen LogP contribution is -2.26. The summed E-state index contributed by atoms with van der Waals surface area (Å²) in [5.74, 6) is -0.419. The van der Waals surface area contributed by atoms with Crippen molar-refractivity contribution >= 4 is 0 Å². The maximum Gasteiger partial charge on any atom is 0.213 e. The molecule has 1 aromatic heterocycles. The Morgan fingerprint density at radius 1 is 1.21 bits per heavy atom.